The van der Waals surface area contributed by atoms with Crippen LogP contribution in [0.5, 0.6) is 0 Å². The molecule has 0 spiro atoms. The van der Waals surface area contributed by atoms with Gasteiger partial charge in [-0.2, -0.15) is 0 Å². The molecule has 1 aliphatic rings. The average molecular weight is 375 g/mol. The molecule has 1 aromatic carbocycles. The van der Waals surface area contributed by atoms with E-state index in [-0.39, 0.29) is 0 Å². The molecule has 2 rings (SSSR count). The van der Waals surface area contributed by atoms with Crippen LogP contribution in [0, 0.1) is 5.92 Å². The van der Waals surface area contributed by atoms with Crippen molar-refractivity contribution in [1.82, 2.24) is 9.62 Å². The Kier molecular flexibility index (Phi) is 5.82. The van der Waals surface area contributed by atoms with Gasteiger partial charge in [0.05, 0.1) is 4.90 Å². The topological polar surface area (TPSA) is 49.4 Å². The lowest BCUT2D eigenvalue weighted by atomic mass is 10.2. The van der Waals surface area contributed by atoms with Gasteiger partial charge in [0.15, 0.2) is 0 Å². The maximum atomic E-state index is 12.6. The van der Waals surface area contributed by atoms with Crippen molar-refractivity contribution >= 4 is 26.0 Å². The third kappa shape index (κ3) is 4.52. The molecule has 1 saturated carbocycles. The van der Waals surface area contributed by atoms with Gasteiger partial charge in [-0.15, -0.1) is 0 Å². The third-order valence-corrected chi connectivity index (χ3v) is 6.45. The van der Waals surface area contributed by atoms with Crippen LogP contribution in [0.15, 0.2) is 27.6 Å². The zero-order chi connectivity index (χ0) is 15.5. The molecular weight excluding hydrogens is 352 g/mol. The van der Waals surface area contributed by atoms with Gasteiger partial charge in [0.25, 0.3) is 0 Å². The fraction of sp³-hybridized carbons (Fsp3) is 0.600. The summed E-state index contributed by atoms with van der Waals surface area (Å²) in [4.78, 5) is 0.352. The second-order valence-corrected chi connectivity index (χ2v) is 8.54. The highest BCUT2D eigenvalue weighted by Crippen LogP contribution is 2.32. The molecular formula is C15H23BrN2O2S. The highest BCUT2D eigenvalue weighted by atomic mass is 79.9. The first-order valence-electron chi connectivity index (χ1n) is 7.40. The summed E-state index contributed by atoms with van der Waals surface area (Å²) < 4.78 is 27.2. The molecule has 4 nitrogen and oxygen atoms in total. The Hall–Kier alpha value is -0.430. The fourth-order valence-corrected chi connectivity index (χ4v) is 4.53. The van der Waals surface area contributed by atoms with Gasteiger partial charge in [-0.3, -0.25) is 0 Å². The van der Waals surface area contributed by atoms with E-state index in [1.165, 1.54) is 4.31 Å². The van der Waals surface area contributed by atoms with Crippen molar-refractivity contribution in [3.05, 3.63) is 28.2 Å². The van der Waals surface area contributed by atoms with E-state index in [9.17, 15) is 8.42 Å². The average Bonchev–Trinajstić information content (AvgIpc) is 3.22. The minimum atomic E-state index is -3.40. The molecule has 0 bridgehead atoms. The Morgan fingerprint density at radius 2 is 2.10 bits per heavy atom. The molecule has 0 radical (unpaired) electrons. The Labute approximate surface area is 136 Å². The lowest BCUT2D eigenvalue weighted by Gasteiger charge is -2.18. The summed E-state index contributed by atoms with van der Waals surface area (Å²) >= 11 is 3.41. The van der Waals surface area contributed by atoms with Gasteiger partial charge >= 0.3 is 0 Å². The molecule has 0 heterocycles. The number of hydrogen-bond acceptors (Lipinski definition) is 3. The molecule has 0 saturated heterocycles. The maximum absolute atomic E-state index is 12.6. The van der Waals surface area contributed by atoms with E-state index >= 15 is 0 Å². The fourth-order valence-electron chi connectivity index (χ4n) is 2.20. The van der Waals surface area contributed by atoms with Crippen molar-refractivity contribution in [2.45, 2.75) is 37.6 Å². The van der Waals surface area contributed by atoms with Gasteiger partial charge in [0, 0.05) is 24.6 Å². The Morgan fingerprint density at radius 3 is 2.67 bits per heavy atom. The first-order chi connectivity index (χ1) is 9.95. The predicted molar refractivity (Wildman–Crippen MR) is 88.7 cm³/mol. The van der Waals surface area contributed by atoms with E-state index in [0.29, 0.717) is 21.8 Å². The monoisotopic (exact) mass is 374 g/mol. The number of benzene rings is 1. The minimum Gasteiger partial charge on any atom is -0.313 e. The Balaban J connectivity index is 2.11. The van der Waals surface area contributed by atoms with Crippen LogP contribution in [0.25, 0.3) is 0 Å². The normalized spacial score (nSPS) is 15.6. The van der Waals surface area contributed by atoms with E-state index < -0.39 is 10.0 Å². The van der Waals surface area contributed by atoms with Crippen molar-refractivity contribution in [2.75, 3.05) is 20.1 Å². The summed E-state index contributed by atoms with van der Waals surface area (Å²) in [5.74, 6) is 0.543. The third-order valence-electron chi connectivity index (χ3n) is 3.65. The van der Waals surface area contributed by atoms with Crippen molar-refractivity contribution in [2.24, 2.45) is 5.92 Å². The number of nitrogens with zero attached hydrogens (tertiary/aromatic N) is 1. The standard InChI is InChI=1S/C15H23BrN2O2S/c1-3-8-17-10-13-6-7-15(14(16)9-13)21(19,20)18(2)11-12-4-5-12/h6-7,9,12,17H,3-5,8,10-11H2,1-2H3. The van der Waals surface area contributed by atoms with E-state index in [4.69, 9.17) is 0 Å². The molecule has 1 N–H and O–H groups in total. The number of rotatable bonds is 8. The zero-order valence-electron chi connectivity index (χ0n) is 12.6. The van der Waals surface area contributed by atoms with Crippen LogP contribution in [0.4, 0.5) is 0 Å². The summed E-state index contributed by atoms with van der Waals surface area (Å²) in [5.41, 5.74) is 1.08. The van der Waals surface area contributed by atoms with Gasteiger partial charge in [-0.05, 0) is 65.4 Å². The van der Waals surface area contributed by atoms with Gasteiger partial charge in [-0.25, -0.2) is 12.7 Å². The van der Waals surface area contributed by atoms with E-state index in [2.05, 4.69) is 28.2 Å². The van der Waals surface area contributed by atoms with Gasteiger partial charge in [0.1, 0.15) is 0 Å². The molecule has 1 aromatic rings. The van der Waals surface area contributed by atoms with Gasteiger partial charge in [0.2, 0.25) is 10.0 Å². The molecule has 0 aromatic heterocycles. The van der Waals surface area contributed by atoms with E-state index in [1.807, 2.05) is 12.1 Å². The van der Waals surface area contributed by atoms with Gasteiger partial charge < -0.3 is 5.32 Å². The van der Waals surface area contributed by atoms with E-state index in [0.717, 1.165) is 37.9 Å². The molecule has 0 atom stereocenters. The molecule has 0 unspecified atom stereocenters. The van der Waals surface area contributed by atoms with E-state index in [1.54, 1.807) is 13.1 Å². The van der Waals surface area contributed by atoms with Crippen LogP contribution in [-0.2, 0) is 16.6 Å². The Bertz CT molecular complexity index is 585. The van der Waals surface area contributed by atoms with Crippen LogP contribution < -0.4 is 5.32 Å². The van der Waals surface area contributed by atoms with Crippen LogP contribution in [0.1, 0.15) is 31.7 Å². The summed E-state index contributed by atoms with van der Waals surface area (Å²) in [7, 11) is -1.74. The van der Waals surface area contributed by atoms with Crippen LogP contribution in [0.2, 0.25) is 0 Å². The van der Waals surface area contributed by atoms with Crippen molar-refractivity contribution in [1.29, 1.82) is 0 Å². The maximum Gasteiger partial charge on any atom is 0.243 e. The number of hydrogen-bond donors (Lipinski definition) is 1. The number of halogens is 1. The largest absolute Gasteiger partial charge is 0.313 e. The predicted octanol–water partition coefficient (Wildman–Crippen LogP) is 2.98. The van der Waals surface area contributed by atoms with Gasteiger partial charge in [-0.1, -0.05) is 13.0 Å². The lowest BCUT2D eigenvalue weighted by Crippen LogP contribution is -2.29. The van der Waals surface area contributed by atoms with Crippen molar-refractivity contribution in [3.63, 3.8) is 0 Å². The van der Waals surface area contributed by atoms with Crippen LogP contribution in [-0.4, -0.2) is 32.9 Å². The van der Waals surface area contributed by atoms with Crippen LogP contribution >= 0.6 is 15.9 Å². The molecule has 0 amide bonds. The summed E-state index contributed by atoms with van der Waals surface area (Å²) in [6, 6.07) is 5.47. The number of nitrogens with one attached hydrogen (secondary N) is 1. The molecule has 6 heteroatoms. The molecule has 0 aliphatic heterocycles. The molecule has 118 valence electrons. The summed E-state index contributed by atoms with van der Waals surface area (Å²) in [6.07, 6.45) is 3.37. The Morgan fingerprint density at radius 1 is 1.38 bits per heavy atom. The molecule has 1 aliphatic carbocycles. The SMILES string of the molecule is CCCNCc1ccc(S(=O)(=O)N(C)CC2CC2)c(Br)c1. The van der Waals surface area contributed by atoms with Crippen molar-refractivity contribution in [3.8, 4) is 0 Å². The summed E-state index contributed by atoms with van der Waals surface area (Å²) in [6.45, 7) is 4.45. The minimum absolute atomic E-state index is 0.352. The zero-order valence-corrected chi connectivity index (χ0v) is 15.0. The smallest absolute Gasteiger partial charge is 0.243 e. The first kappa shape index (κ1) is 16.9. The second kappa shape index (κ2) is 7.22. The molecule has 21 heavy (non-hydrogen) atoms. The highest BCUT2D eigenvalue weighted by Gasteiger charge is 2.30. The summed E-state index contributed by atoms with van der Waals surface area (Å²) in [5, 5.41) is 3.31. The number of sulfonamides is 1. The highest BCUT2D eigenvalue weighted by molar-refractivity contribution is 9.10. The first-order valence-corrected chi connectivity index (χ1v) is 9.64. The molecule has 1 fully saturated rings. The second-order valence-electron chi connectivity index (χ2n) is 5.67. The quantitative estimate of drug-likeness (QED) is 0.711. The van der Waals surface area contributed by atoms with Crippen LogP contribution in [0.3, 0.4) is 0 Å². The van der Waals surface area contributed by atoms with Crippen molar-refractivity contribution < 1.29 is 8.42 Å². The lowest BCUT2D eigenvalue weighted by molar-refractivity contribution is 0.452.